The summed E-state index contributed by atoms with van der Waals surface area (Å²) in [5, 5.41) is 5.00. The van der Waals surface area contributed by atoms with Crippen LogP contribution in [0.15, 0.2) is 35.7 Å². The van der Waals surface area contributed by atoms with Crippen LogP contribution in [-0.4, -0.2) is 12.5 Å². The second kappa shape index (κ2) is 7.07. The highest BCUT2D eigenvalue weighted by molar-refractivity contribution is 7.10. The van der Waals surface area contributed by atoms with E-state index in [2.05, 4.69) is 17.2 Å². The van der Waals surface area contributed by atoms with Gasteiger partial charge in [0.1, 0.15) is 0 Å². The fourth-order valence-electron chi connectivity index (χ4n) is 1.93. The molecular weight excluding hydrogens is 280 g/mol. The Morgan fingerprint density at radius 3 is 2.90 bits per heavy atom. The van der Waals surface area contributed by atoms with Crippen LogP contribution in [0.3, 0.4) is 0 Å². The molecule has 1 aromatic carbocycles. The minimum absolute atomic E-state index is 0.00243. The number of thiophene rings is 1. The molecule has 4 heteroatoms. The molecule has 0 aliphatic heterocycles. The van der Waals surface area contributed by atoms with Crippen LogP contribution >= 0.6 is 11.3 Å². The third-order valence-electron chi connectivity index (χ3n) is 3.14. The third kappa shape index (κ3) is 3.94. The van der Waals surface area contributed by atoms with Gasteiger partial charge in [0.25, 0.3) is 5.91 Å². The van der Waals surface area contributed by atoms with Gasteiger partial charge in [-0.25, -0.2) is 0 Å². The largest absolute Gasteiger partial charge is 0.345 e. The number of amides is 1. The Bertz CT molecular complexity index is 681. The molecule has 108 valence electrons. The Hall–Kier alpha value is -2.09. The molecule has 21 heavy (non-hydrogen) atoms. The van der Waals surface area contributed by atoms with E-state index in [-0.39, 0.29) is 11.9 Å². The molecule has 0 saturated carbocycles. The lowest BCUT2D eigenvalue weighted by Crippen LogP contribution is -2.26. The summed E-state index contributed by atoms with van der Waals surface area (Å²) < 4.78 is 0. The van der Waals surface area contributed by atoms with Gasteiger partial charge >= 0.3 is 0 Å². The minimum atomic E-state index is -0.0910. The van der Waals surface area contributed by atoms with Gasteiger partial charge in [0, 0.05) is 16.0 Å². The zero-order valence-electron chi connectivity index (χ0n) is 12.1. The molecule has 1 amide bonds. The van der Waals surface area contributed by atoms with E-state index in [1.54, 1.807) is 11.3 Å². The van der Waals surface area contributed by atoms with Crippen molar-refractivity contribution in [3.8, 4) is 11.8 Å². The third-order valence-corrected chi connectivity index (χ3v) is 4.20. The molecule has 0 saturated heterocycles. The Labute approximate surface area is 129 Å². The molecular formula is C17H18N2OS. The molecule has 1 unspecified atom stereocenters. The predicted molar refractivity (Wildman–Crippen MR) is 87.3 cm³/mol. The van der Waals surface area contributed by atoms with Crippen LogP contribution in [-0.2, 0) is 0 Å². The number of benzene rings is 1. The van der Waals surface area contributed by atoms with Gasteiger partial charge in [0.2, 0.25) is 0 Å². The zero-order valence-corrected chi connectivity index (χ0v) is 13.0. The molecule has 1 atom stereocenters. The monoisotopic (exact) mass is 298 g/mol. The van der Waals surface area contributed by atoms with E-state index in [0.717, 1.165) is 16.0 Å². The van der Waals surface area contributed by atoms with Gasteiger partial charge in [-0.15, -0.1) is 11.3 Å². The highest BCUT2D eigenvalue weighted by Crippen LogP contribution is 2.19. The lowest BCUT2D eigenvalue weighted by Gasteiger charge is -2.12. The molecule has 0 bridgehead atoms. The van der Waals surface area contributed by atoms with Crippen LogP contribution in [0.4, 0.5) is 0 Å². The maximum Gasteiger partial charge on any atom is 0.251 e. The second-order valence-corrected chi connectivity index (χ2v) is 5.73. The van der Waals surface area contributed by atoms with Crippen molar-refractivity contribution < 1.29 is 4.79 Å². The average molecular weight is 298 g/mol. The van der Waals surface area contributed by atoms with Crippen LogP contribution in [0.2, 0.25) is 0 Å². The van der Waals surface area contributed by atoms with Crippen LogP contribution < -0.4 is 11.1 Å². The molecule has 3 nitrogen and oxygen atoms in total. The van der Waals surface area contributed by atoms with E-state index in [9.17, 15) is 4.79 Å². The summed E-state index contributed by atoms with van der Waals surface area (Å²) in [6.45, 7) is 4.26. The maximum atomic E-state index is 12.3. The molecule has 0 aliphatic carbocycles. The van der Waals surface area contributed by atoms with Gasteiger partial charge < -0.3 is 11.1 Å². The van der Waals surface area contributed by atoms with Crippen molar-refractivity contribution in [2.45, 2.75) is 19.9 Å². The maximum absolute atomic E-state index is 12.3. The van der Waals surface area contributed by atoms with Crippen LogP contribution in [0.25, 0.3) is 0 Å². The number of rotatable bonds is 3. The van der Waals surface area contributed by atoms with Gasteiger partial charge in [0.05, 0.1) is 12.6 Å². The van der Waals surface area contributed by atoms with Crippen molar-refractivity contribution in [1.29, 1.82) is 0 Å². The number of hydrogen-bond acceptors (Lipinski definition) is 3. The summed E-state index contributed by atoms with van der Waals surface area (Å²) in [4.78, 5) is 13.4. The first-order valence-electron chi connectivity index (χ1n) is 6.75. The lowest BCUT2D eigenvalue weighted by atomic mass is 10.0. The molecule has 0 spiro atoms. The van der Waals surface area contributed by atoms with Crippen molar-refractivity contribution in [1.82, 2.24) is 5.32 Å². The van der Waals surface area contributed by atoms with Gasteiger partial charge in [-0.3, -0.25) is 4.79 Å². The van der Waals surface area contributed by atoms with E-state index in [4.69, 9.17) is 5.73 Å². The van der Waals surface area contributed by atoms with Crippen LogP contribution in [0.5, 0.6) is 0 Å². The summed E-state index contributed by atoms with van der Waals surface area (Å²) in [6.07, 6.45) is 0. The van der Waals surface area contributed by atoms with Crippen LogP contribution in [0.1, 0.15) is 39.3 Å². The summed E-state index contributed by atoms with van der Waals surface area (Å²) in [5.41, 5.74) is 7.89. The highest BCUT2D eigenvalue weighted by Gasteiger charge is 2.12. The molecule has 2 rings (SSSR count). The fraction of sp³-hybridized carbons (Fsp3) is 0.235. The van der Waals surface area contributed by atoms with Crippen molar-refractivity contribution in [3.63, 3.8) is 0 Å². The van der Waals surface area contributed by atoms with Gasteiger partial charge in [-0.2, -0.15) is 0 Å². The van der Waals surface area contributed by atoms with Crippen molar-refractivity contribution in [3.05, 3.63) is 57.3 Å². The Kier molecular flexibility index (Phi) is 5.15. The van der Waals surface area contributed by atoms with E-state index in [1.165, 1.54) is 0 Å². The number of carbonyl (C=O) groups is 1. The Morgan fingerprint density at radius 2 is 2.24 bits per heavy atom. The van der Waals surface area contributed by atoms with E-state index < -0.39 is 0 Å². The topological polar surface area (TPSA) is 55.1 Å². The van der Waals surface area contributed by atoms with Gasteiger partial charge in [0.15, 0.2) is 0 Å². The Balaban J connectivity index is 2.16. The molecule has 0 fully saturated rings. The molecule has 2 aromatic rings. The number of hydrogen-bond donors (Lipinski definition) is 2. The van der Waals surface area contributed by atoms with Crippen molar-refractivity contribution in [2.24, 2.45) is 5.73 Å². The van der Waals surface area contributed by atoms with E-state index >= 15 is 0 Å². The smallest absolute Gasteiger partial charge is 0.251 e. The first-order valence-corrected chi connectivity index (χ1v) is 7.63. The summed E-state index contributed by atoms with van der Waals surface area (Å²) in [5.74, 6) is 5.73. The number of nitrogens with two attached hydrogens (primary N) is 1. The van der Waals surface area contributed by atoms with Crippen molar-refractivity contribution in [2.75, 3.05) is 6.54 Å². The minimum Gasteiger partial charge on any atom is -0.345 e. The summed E-state index contributed by atoms with van der Waals surface area (Å²) in [7, 11) is 0. The normalized spacial score (nSPS) is 11.4. The number of carbonyl (C=O) groups excluding carboxylic acids is 1. The molecule has 1 heterocycles. The fourth-order valence-corrected chi connectivity index (χ4v) is 2.67. The number of nitrogens with one attached hydrogen (secondary N) is 1. The quantitative estimate of drug-likeness (QED) is 0.856. The van der Waals surface area contributed by atoms with Crippen LogP contribution in [0, 0.1) is 18.8 Å². The van der Waals surface area contributed by atoms with Gasteiger partial charge in [-0.05, 0) is 43.0 Å². The summed E-state index contributed by atoms with van der Waals surface area (Å²) in [6, 6.07) is 9.54. The van der Waals surface area contributed by atoms with E-state index in [0.29, 0.717) is 12.1 Å². The standard InChI is InChI=1S/C17H18N2OS/c1-12-7-8-15(11-14(12)5-3-9-18)17(20)19-13(2)16-6-4-10-21-16/h4,6-8,10-11,13H,9,18H2,1-2H3,(H,19,20). The predicted octanol–water partition coefficient (Wildman–Crippen LogP) is 2.86. The SMILES string of the molecule is Cc1ccc(C(=O)NC(C)c2cccs2)cc1C#CCN. The molecule has 0 aliphatic rings. The average Bonchev–Trinajstić information content (AvgIpc) is 3.00. The second-order valence-electron chi connectivity index (χ2n) is 4.75. The molecule has 0 radical (unpaired) electrons. The summed E-state index contributed by atoms with van der Waals surface area (Å²) >= 11 is 1.63. The lowest BCUT2D eigenvalue weighted by molar-refractivity contribution is 0.0940. The first kappa shape index (κ1) is 15.3. The van der Waals surface area contributed by atoms with Crippen molar-refractivity contribution >= 4 is 17.2 Å². The first-order chi connectivity index (χ1) is 10.1. The zero-order chi connectivity index (χ0) is 15.2. The Morgan fingerprint density at radius 1 is 1.43 bits per heavy atom. The molecule has 1 aromatic heterocycles. The number of aryl methyl sites for hydroxylation is 1. The highest BCUT2D eigenvalue weighted by atomic mass is 32.1. The van der Waals surface area contributed by atoms with E-state index in [1.807, 2.05) is 49.6 Å². The van der Waals surface area contributed by atoms with Gasteiger partial charge in [-0.1, -0.05) is 24.0 Å². The molecule has 3 N–H and O–H groups in total.